The molecule has 4 rings (SSSR count). The van der Waals surface area contributed by atoms with Gasteiger partial charge in [-0.2, -0.15) is 5.10 Å². The number of nitrogens with one attached hydrogen (secondary N) is 2. The van der Waals surface area contributed by atoms with E-state index in [1.165, 1.54) is 12.4 Å². The number of nitrogens with zero attached hydrogens (tertiary/aromatic N) is 4. The van der Waals surface area contributed by atoms with E-state index in [2.05, 4.69) is 25.7 Å². The van der Waals surface area contributed by atoms with Crippen molar-refractivity contribution in [2.24, 2.45) is 0 Å². The van der Waals surface area contributed by atoms with E-state index in [4.69, 9.17) is 5.73 Å². The van der Waals surface area contributed by atoms with Crippen molar-refractivity contribution in [2.75, 3.05) is 16.4 Å². The zero-order valence-corrected chi connectivity index (χ0v) is 17.3. The summed E-state index contributed by atoms with van der Waals surface area (Å²) < 4.78 is 15.7. The number of aromatic nitrogens is 4. The Balaban J connectivity index is 1.58. The van der Waals surface area contributed by atoms with Crippen LogP contribution in [0.25, 0.3) is 22.3 Å². The lowest BCUT2D eigenvalue weighted by Gasteiger charge is -2.09. The molecule has 0 atom stereocenters. The Morgan fingerprint density at radius 3 is 2.55 bits per heavy atom. The zero-order valence-electron chi connectivity index (χ0n) is 17.3. The van der Waals surface area contributed by atoms with Gasteiger partial charge in [-0.15, -0.1) is 0 Å². The van der Waals surface area contributed by atoms with Crippen LogP contribution in [-0.2, 0) is 0 Å². The van der Waals surface area contributed by atoms with Gasteiger partial charge in [-0.3, -0.25) is 0 Å². The number of nitrogens with two attached hydrogens (primary N) is 1. The number of aryl methyl sites for hydroxylation is 1. The number of urea groups is 1. The van der Waals surface area contributed by atoms with Crippen LogP contribution in [0.5, 0.6) is 0 Å². The van der Waals surface area contributed by atoms with Crippen molar-refractivity contribution in [1.29, 1.82) is 0 Å². The van der Waals surface area contributed by atoms with Gasteiger partial charge in [0.05, 0.1) is 11.1 Å². The molecule has 2 heterocycles. The quantitative estimate of drug-likeness (QED) is 0.442. The smallest absolute Gasteiger partial charge is 0.323 e. The molecule has 0 radical (unpaired) electrons. The van der Waals surface area contributed by atoms with Crippen molar-refractivity contribution >= 4 is 34.3 Å². The molecule has 0 saturated heterocycles. The summed E-state index contributed by atoms with van der Waals surface area (Å²) >= 11 is 0. The highest BCUT2D eigenvalue weighted by Gasteiger charge is 2.18. The van der Waals surface area contributed by atoms with Crippen molar-refractivity contribution in [3.05, 3.63) is 60.2 Å². The fraction of sp³-hybridized carbons (Fsp3) is 0.182. The standard InChI is InChI=1S/C22H22FN7O/c1-12(2)30-21-18(20(24)25-11-26-21)19(29-30)14-5-7-15(8-6-14)27-22(31)28-17-10-13(3)4-9-16(17)23/h4-12H,1-3H3,(H2,24,25,26)(H2,27,28,31). The van der Waals surface area contributed by atoms with Gasteiger partial charge in [0.15, 0.2) is 5.65 Å². The second kappa shape index (κ2) is 8.02. The summed E-state index contributed by atoms with van der Waals surface area (Å²) in [5.74, 6) is -0.141. The number of anilines is 3. The third-order valence-corrected chi connectivity index (χ3v) is 4.79. The van der Waals surface area contributed by atoms with E-state index in [-0.39, 0.29) is 11.7 Å². The van der Waals surface area contributed by atoms with Crippen LogP contribution in [0.4, 0.5) is 26.4 Å². The fourth-order valence-electron chi connectivity index (χ4n) is 3.29. The van der Waals surface area contributed by atoms with E-state index in [9.17, 15) is 9.18 Å². The molecule has 0 unspecified atom stereocenters. The maximum absolute atomic E-state index is 13.9. The number of amides is 2. The molecular formula is C22H22FN7O. The lowest BCUT2D eigenvalue weighted by molar-refractivity contribution is 0.262. The first kappa shape index (κ1) is 20.3. The van der Waals surface area contributed by atoms with Crippen molar-refractivity contribution in [1.82, 2.24) is 19.7 Å². The minimum absolute atomic E-state index is 0.0946. The molecule has 0 bridgehead atoms. The van der Waals surface area contributed by atoms with Gasteiger partial charge >= 0.3 is 6.03 Å². The van der Waals surface area contributed by atoms with Crippen LogP contribution in [0.3, 0.4) is 0 Å². The molecule has 31 heavy (non-hydrogen) atoms. The van der Waals surface area contributed by atoms with Crippen LogP contribution in [0.2, 0.25) is 0 Å². The van der Waals surface area contributed by atoms with Gasteiger partial charge < -0.3 is 16.4 Å². The minimum atomic E-state index is -0.538. The van der Waals surface area contributed by atoms with Crippen molar-refractivity contribution < 1.29 is 9.18 Å². The molecule has 2 amide bonds. The number of halogens is 1. The van der Waals surface area contributed by atoms with E-state index in [1.54, 1.807) is 28.9 Å². The van der Waals surface area contributed by atoms with Crippen LogP contribution in [0.15, 0.2) is 48.8 Å². The Morgan fingerprint density at radius 2 is 1.84 bits per heavy atom. The molecular weight excluding hydrogens is 397 g/mol. The van der Waals surface area contributed by atoms with E-state index in [0.717, 1.165) is 11.1 Å². The van der Waals surface area contributed by atoms with Crippen LogP contribution < -0.4 is 16.4 Å². The van der Waals surface area contributed by atoms with Crippen molar-refractivity contribution in [2.45, 2.75) is 26.8 Å². The number of nitrogen functional groups attached to an aromatic ring is 1. The third-order valence-electron chi connectivity index (χ3n) is 4.79. The predicted molar refractivity (Wildman–Crippen MR) is 119 cm³/mol. The van der Waals surface area contributed by atoms with Crippen molar-refractivity contribution in [3.8, 4) is 11.3 Å². The molecule has 4 aromatic rings. The van der Waals surface area contributed by atoms with Gasteiger partial charge in [-0.1, -0.05) is 18.2 Å². The molecule has 0 aliphatic heterocycles. The number of fused-ring (bicyclic) bond motifs is 1. The molecule has 0 spiro atoms. The van der Waals surface area contributed by atoms with Gasteiger partial charge in [0.2, 0.25) is 0 Å². The Bertz CT molecular complexity index is 1270. The largest absolute Gasteiger partial charge is 0.383 e. The average molecular weight is 419 g/mol. The van der Waals surface area contributed by atoms with Crippen LogP contribution in [0.1, 0.15) is 25.5 Å². The van der Waals surface area contributed by atoms with Crippen LogP contribution >= 0.6 is 0 Å². The first-order valence-corrected chi connectivity index (χ1v) is 9.76. The van der Waals surface area contributed by atoms with E-state index in [0.29, 0.717) is 28.2 Å². The summed E-state index contributed by atoms with van der Waals surface area (Å²) in [5.41, 5.74) is 9.75. The highest BCUT2D eigenvalue weighted by atomic mass is 19.1. The second-order valence-electron chi connectivity index (χ2n) is 7.48. The summed E-state index contributed by atoms with van der Waals surface area (Å²) in [5, 5.41) is 10.6. The zero-order chi connectivity index (χ0) is 22.1. The van der Waals surface area contributed by atoms with E-state index >= 15 is 0 Å². The Hall–Kier alpha value is -4.01. The average Bonchev–Trinajstić information content (AvgIpc) is 3.13. The molecule has 0 aliphatic rings. The monoisotopic (exact) mass is 419 g/mol. The fourth-order valence-corrected chi connectivity index (χ4v) is 3.29. The lowest BCUT2D eigenvalue weighted by Crippen LogP contribution is -2.20. The maximum atomic E-state index is 13.9. The van der Waals surface area contributed by atoms with Crippen LogP contribution in [-0.4, -0.2) is 25.8 Å². The van der Waals surface area contributed by atoms with Gasteiger partial charge in [0.25, 0.3) is 0 Å². The predicted octanol–water partition coefficient (Wildman–Crippen LogP) is 4.75. The number of hydrogen-bond donors (Lipinski definition) is 3. The maximum Gasteiger partial charge on any atom is 0.323 e. The molecule has 0 aliphatic carbocycles. The molecule has 9 heteroatoms. The topological polar surface area (TPSA) is 111 Å². The number of hydrogen-bond acceptors (Lipinski definition) is 5. The van der Waals surface area contributed by atoms with Crippen molar-refractivity contribution in [3.63, 3.8) is 0 Å². The first-order chi connectivity index (χ1) is 14.8. The molecule has 2 aromatic heterocycles. The Labute approximate surface area is 178 Å². The minimum Gasteiger partial charge on any atom is -0.383 e. The molecule has 2 aromatic carbocycles. The van der Waals surface area contributed by atoms with Gasteiger partial charge in [0, 0.05) is 17.3 Å². The molecule has 0 fully saturated rings. The summed E-state index contributed by atoms with van der Waals surface area (Å²) in [6.45, 7) is 5.85. The summed E-state index contributed by atoms with van der Waals surface area (Å²) in [6, 6.07) is 11.2. The summed E-state index contributed by atoms with van der Waals surface area (Å²) in [6.07, 6.45) is 1.42. The highest BCUT2D eigenvalue weighted by Crippen LogP contribution is 2.32. The Morgan fingerprint density at radius 1 is 1.10 bits per heavy atom. The van der Waals surface area contributed by atoms with Gasteiger partial charge in [0.1, 0.15) is 23.7 Å². The van der Waals surface area contributed by atoms with E-state index < -0.39 is 11.8 Å². The highest BCUT2D eigenvalue weighted by molar-refractivity contribution is 6.01. The van der Waals surface area contributed by atoms with Gasteiger partial charge in [-0.25, -0.2) is 23.8 Å². The normalized spacial score (nSPS) is 11.1. The molecule has 4 N–H and O–H groups in total. The number of benzene rings is 2. The Kier molecular flexibility index (Phi) is 5.24. The first-order valence-electron chi connectivity index (χ1n) is 9.76. The molecule has 158 valence electrons. The second-order valence-corrected chi connectivity index (χ2v) is 7.48. The number of carbonyl (C=O) groups is 1. The third kappa shape index (κ3) is 4.02. The molecule has 8 nitrogen and oxygen atoms in total. The number of carbonyl (C=O) groups excluding carboxylic acids is 1. The summed E-state index contributed by atoms with van der Waals surface area (Å²) in [7, 11) is 0. The van der Waals surface area contributed by atoms with Gasteiger partial charge in [-0.05, 0) is 50.6 Å². The summed E-state index contributed by atoms with van der Waals surface area (Å²) in [4.78, 5) is 20.7. The SMILES string of the molecule is Cc1ccc(F)c(NC(=O)Nc2ccc(-c3nn(C(C)C)c4ncnc(N)c34)cc2)c1. The van der Waals surface area contributed by atoms with Crippen LogP contribution in [0, 0.1) is 12.7 Å². The number of rotatable bonds is 4. The van der Waals surface area contributed by atoms with E-state index in [1.807, 2.05) is 32.9 Å². The lowest BCUT2D eigenvalue weighted by atomic mass is 10.1. The molecule has 0 saturated carbocycles.